The van der Waals surface area contributed by atoms with Gasteiger partial charge in [0.25, 0.3) is 0 Å². The van der Waals surface area contributed by atoms with Crippen molar-refractivity contribution >= 4 is 12.0 Å². The van der Waals surface area contributed by atoms with Gasteiger partial charge in [0.2, 0.25) is 5.91 Å². The summed E-state index contributed by atoms with van der Waals surface area (Å²) in [6.07, 6.45) is -2.38. The molecule has 3 N–H and O–H groups in total. The van der Waals surface area contributed by atoms with Crippen LogP contribution in [0.15, 0.2) is 0 Å². The lowest BCUT2D eigenvalue weighted by molar-refractivity contribution is -0.133. The van der Waals surface area contributed by atoms with Crippen LogP contribution < -0.4 is 5.32 Å². The van der Waals surface area contributed by atoms with Crippen LogP contribution >= 0.6 is 0 Å². The van der Waals surface area contributed by atoms with Crippen molar-refractivity contribution in [3.63, 3.8) is 0 Å². The molecule has 0 saturated heterocycles. The number of hydrogen-bond acceptors (Lipinski definition) is 3. The molecule has 0 radical (unpaired) electrons. The van der Waals surface area contributed by atoms with Crippen LogP contribution in [0.2, 0.25) is 0 Å². The Balaban J connectivity index is 4.42. The summed E-state index contributed by atoms with van der Waals surface area (Å²) in [5.41, 5.74) is 0. The number of nitrogens with one attached hydrogen (secondary N) is 1. The van der Waals surface area contributed by atoms with Gasteiger partial charge < -0.3 is 20.4 Å². The van der Waals surface area contributed by atoms with Crippen molar-refractivity contribution in [3.05, 3.63) is 0 Å². The van der Waals surface area contributed by atoms with Gasteiger partial charge in [0.1, 0.15) is 6.04 Å². The first kappa shape index (κ1) is 11.7. The second kappa shape index (κ2) is 4.66. The summed E-state index contributed by atoms with van der Waals surface area (Å²) in [4.78, 5) is 22.7. The molecular weight excluding hydrogens is 176 g/mol. The van der Waals surface area contributed by atoms with E-state index in [1.54, 1.807) is 0 Å². The topological polar surface area (TPSA) is 89.9 Å². The minimum Gasteiger partial charge on any atom is -0.465 e. The average molecular weight is 190 g/mol. The monoisotopic (exact) mass is 190 g/mol. The van der Waals surface area contributed by atoms with Crippen LogP contribution in [-0.4, -0.2) is 53.4 Å². The van der Waals surface area contributed by atoms with Crippen LogP contribution in [0.1, 0.15) is 6.92 Å². The van der Waals surface area contributed by atoms with Crippen molar-refractivity contribution < 1.29 is 19.8 Å². The largest absolute Gasteiger partial charge is 0.465 e. The summed E-state index contributed by atoms with van der Waals surface area (Å²) in [7, 11) is 2.97. The zero-order valence-electron chi connectivity index (χ0n) is 7.81. The van der Waals surface area contributed by atoms with E-state index < -0.39 is 24.1 Å². The Bertz CT molecular complexity index is 203. The Morgan fingerprint density at radius 1 is 1.38 bits per heavy atom. The number of carbonyl (C=O) groups is 2. The van der Waals surface area contributed by atoms with Gasteiger partial charge in [0, 0.05) is 14.1 Å². The van der Waals surface area contributed by atoms with E-state index in [1.807, 2.05) is 5.32 Å². The first-order valence-electron chi connectivity index (χ1n) is 3.75. The first-order chi connectivity index (χ1) is 5.86. The predicted octanol–water partition coefficient (Wildman–Crippen LogP) is -0.908. The molecule has 0 aromatic rings. The fourth-order valence-corrected chi connectivity index (χ4v) is 0.800. The van der Waals surface area contributed by atoms with Crippen molar-refractivity contribution in [1.29, 1.82) is 0 Å². The molecule has 0 aliphatic rings. The van der Waals surface area contributed by atoms with Gasteiger partial charge >= 0.3 is 6.09 Å². The van der Waals surface area contributed by atoms with E-state index in [2.05, 4.69) is 0 Å². The third-order valence-corrected chi connectivity index (χ3v) is 1.47. The highest BCUT2D eigenvalue weighted by Gasteiger charge is 2.26. The van der Waals surface area contributed by atoms with Crippen LogP contribution in [-0.2, 0) is 4.79 Å². The van der Waals surface area contributed by atoms with Gasteiger partial charge in [0.15, 0.2) is 0 Å². The van der Waals surface area contributed by atoms with E-state index in [9.17, 15) is 9.59 Å². The Kier molecular flexibility index (Phi) is 4.19. The molecule has 6 heteroatoms. The van der Waals surface area contributed by atoms with Gasteiger partial charge in [-0.2, -0.15) is 0 Å². The van der Waals surface area contributed by atoms with Crippen molar-refractivity contribution in [1.82, 2.24) is 10.2 Å². The maximum Gasteiger partial charge on any atom is 0.405 e. The highest BCUT2D eigenvalue weighted by molar-refractivity contribution is 5.85. The second-order valence-electron chi connectivity index (χ2n) is 2.90. The average Bonchev–Trinajstić information content (AvgIpc) is 1.97. The summed E-state index contributed by atoms with van der Waals surface area (Å²) in [6, 6.07) is -1.10. The Morgan fingerprint density at radius 2 is 1.85 bits per heavy atom. The van der Waals surface area contributed by atoms with Crippen LogP contribution in [0, 0.1) is 0 Å². The molecule has 0 aromatic heterocycles. The van der Waals surface area contributed by atoms with Gasteiger partial charge in [-0.1, -0.05) is 0 Å². The summed E-state index contributed by atoms with van der Waals surface area (Å²) < 4.78 is 0. The molecule has 13 heavy (non-hydrogen) atoms. The van der Waals surface area contributed by atoms with E-state index in [-0.39, 0.29) is 0 Å². The van der Waals surface area contributed by atoms with Gasteiger partial charge in [-0.3, -0.25) is 4.79 Å². The molecule has 0 unspecified atom stereocenters. The Hall–Kier alpha value is -1.30. The lowest BCUT2D eigenvalue weighted by Gasteiger charge is -2.22. The molecule has 0 rings (SSSR count). The van der Waals surface area contributed by atoms with Gasteiger partial charge in [-0.15, -0.1) is 0 Å². The third-order valence-electron chi connectivity index (χ3n) is 1.47. The lowest BCUT2D eigenvalue weighted by atomic mass is 10.1. The first-order valence-corrected chi connectivity index (χ1v) is 3.75. The molecule has 0 bridgehead atoms. The fourth-order valence-electron chi connectivity index (χ4n) is 0.800. The fraction of sp³-hybridized carbons (Fsp3) is 0.714. The van der Waals surface area contributed by atoms with E-state index >= 15 is 0 Å². The minimum absolute atomic E-state index is 0.475. The van der Waals surface area contributed by atoms with Crippen molar-refractivity contribution in [2.45, 2.75) is 19.1 Å². The Labute approximate surface area is 76.2 Å². The molecule has 0 aliphatic heterocycles. The van der Waals surface area contributed by atoms with Crippen molar-refractivity contribution in [2.24, 2.45) is 0 Å². The molecule has 0 heterocycles. The highest BCUT2D eigenvalue weighted by Crippen LogP contribution is 1.96. The summed E-state index contributed by atoms with van der Waals surface area (Å²) >= 11 is 0. The van der Waals surface area contributed by atoms with E-state index in [0.717, 1.165) is 0 Å². The molecule has 0 aromatic carbocycles. The van der Waals surface area contributed by atoms with Crippen LogP contribution in [0.5, 0.6) is 0 Å². The molecule has 0 aliphatic carbocycles. The van der Waals surface area contributed by atoms with Gasteiger partial charge in [-0.05, 0) is 6.92 Å². The maximum atomic E-state index is 11.3. The molecule has 2 atom stereocenters. The molecule has 6 nitrogen and oxygen atoms in total. The second-order valence-corrected chi connectivity index (χ2v) is 2.90. The van der Waals surface area contributed by atoms with Crippen LogP contribution in [0.3, 0.4) is 0 Å². The number of hydrogen-bond donors (Lipinski definition) is 3. The third kappa shape index (κ3) is 3.75. The number of carbonyl (C=O) groups excluding carboxylic acids is 1. The Morgan fingerprint density at radius 3 is 2.08 bits per heavy atom. The number of rotatable bonds is 3. The summed E-state index contributed by atoms with van der Waals surface area (Å²) in [6.45, 7) is 1.35. The summed E-state index contributed by atoms with van der Waals surface area (Å²) in [5.74, 6) is -0.475. The molecule has 76 valence electrons. The molecule has 0 spiro atoms. The zero-order chi connectivity index (χ0) is 10.6. The number of aliphatic hydroxyl groups is 1. The van der Waals surface area contributed by atoms with Crippen molar-refractivity contribution in [2.75, 3.05) is 14.1 Å². The smallest absolute Gasteiger partial charge is 0.405 e. The number of amides is 2. The molecular formula is C7H14N2O4. The minimum atomic E-state index is -1.33. The normalized spacial score (nSPS) is 14.5. The van der Waals surface area contributed by atoms with Gasteiger partial charge in [-0.25, -0.2) is 4.79 Å². The molecule has 0 saturated carbocycles. The summed E-state index contributed by atoms with van der Waals surface area (Å²) in [5, 5.41) is 19.4. The molecule has 2 amide bonds. The van der Waals surface area contributed by atoms with E-state index in [1.165, 1.54) is 25.9 Å². The number of carboxylic acid groups (broad SMARTS) is 1. The van der Waals surface area contributed by atoms with Crippen LogP contribution in [0.4, 0.5) is 4.79 Å². The highest BCUT2D eigenvalue weighted by atomic mass is 16.4. The standard InChI is InChI=1S/C7H14N2O4/c1-4(10)5(8-7(12)13)6(11)9(2)3/h4-5,8,10H,1-3H3,(H,12,13)/t4-,5-/m1/s1. The SMILES string of the molecule is C[C@@H](O)[C@@H](NC(=O)O)C(=O)N(C)C. The zero-order valence-corrected chi connectivity index (χ0v) is 7.81. The number of aliphatic hydroxyl groups excluding tert-OH is 1. The van der Waals surface area contributed by atoms with E-state index in [4.69, 9.17) is 10.2 Å². The van der Waals surface area contributed by atoms with E-state index in [0.29, 0.717) is 0 Å². The quantitative estimate of drug-likeness (QED) is 0.537. The van der Waals surface area contributed by atoms with Gasteiger partial charge in [0.05, 0.1) is 6.10 Å². The maximum absolute atomic E-state index is 11.3. The number of nitrogens with zero attached hydrogens (tertiary/aromatic N) is 1. The van der Waals surface area contributed by atoms with Crippen molar-refractivity contribution in [3.8, 4) is 0 Å². The lowest BCUT2D eigenvalue weighted by Crippen LogP contribution is -2.51. The predicted molar refractivity (Wildman–Crippen MR) is 45.3 cm³/mol. The van der Waals surface area contributed by atoms with Crippen LogP contribution in [0.25, 0.3) is 0 Å². The number of likely N-dealkylation sites (N-methyl/N-ethyl adjacent to an activating group) is 1. The molecule has 0 fully saturated rings.